The SMILES string of the molecule is Cc1c(-c2cccs2)ccn1Cc1ccccc1. The highest BCUT2D eigenvalue weighted by atomic mass is 32.1. The van der Waals surface area contributed by atoms with E-state index in [1.165, 1.54) is 21.7 Å². The summed E-state index contributed by atoms with van der Waals surface area (Å²) in [6.07, 6.45) is 2.18. The summed E-state index contributed by atoms with van der Waals surface area (Å²) in [6.45, 7) is 3.13. The highest BCUT2D eigenvalue weighted by molar-refractivity contribution is 7.13. The first kappa shape index (κ1) is 11.3. The number of rotatable bonds is 3. The lowest BCUT2D eigenvalue weighted by Crippen LogP contribution is -2.00. The van der Waals surface area contributed by atoms with Crippen molar-refractivity contribution in [1.29, 1.82) is 0 Å². The zero-order valence-corrected chi connectivity index (χ0v) is 11.2. The van der Waals surface area contributed by atoms with E-state index in [0.29, 0.717) is 0 Å². The maximum atomic E-state index is 2.31. The molecule has 2 heterocycles. The van der Waals surface area contributed by atoms with E-state index in [2.05, 4.69) is 71.6 Å². The van der Waals surface area contributed by atoms with Crippen LogP contribution in [-0.4, -0.2) is 4.57 Å². The average Bonchev–Trinajstić information content (AvgIpc) is 3.02. The van der Waals surface area contributed by atoms with Crippen LogP contribution < -0.4 is 0 Å². The van der Waals surface area contributed by atoms with E-state index < -0.39 is 0 Å². The van der Waals surface area contributed by atoms with Gasteiger partial charge in [0.1, 0.15) is 0 Å². The van der Waals surface area contributed by atoms with Gasteiger partial charge in [-0.05, 0) is 30.0 Å². The van der Waals surface area contributed by atoms with Gasteiger partial charge in [-0.2, -0.15) is 0 Å². The molecule has 0 atom stereocenters. The minimum absolute atomic E-state index is 0.943. The Balaban J connectivity index is 1.91. The highest BCUT2D eigenvalue weighted by Gasteiger charge is 2.07. The van der Waals surface area contributed by atoms with Crippen molar-refractivity contribution in [3.05, 3.63) is 71.4 Å². The zero-order chi connectivity index (χ0) is 12.4. The molecule has 0 aliphatic carbocycles. The molecule has 0 aliphatic rings. The molecule has 3 rings (SSSR count). The van der Waals surface area contributed by atoms with Gasteiger partial charge < -0.3 is 4.57 Å². The maximum absolute atomic E-state index is 2.31. The Morgan fingerprint density at radius 2 is 1.83 bits per heavy atom. The summed E-state index contributed by atoms with van der Waals surface area (Å²) in [5.74, 6) is 0. The van der Waals surface area contributed by atoms with Crippen LogP contribution in [0, 0.1) is 6.92 Å². The molecule has 0 unspecified atom stereocenters. The quantitative estimate of drug-likeness (QED) is 0.644. The molecule has 0 amide bonds. The molecule has 0 saturated carbocycles. The third-order valence-corrected chi connectivity index (χ3v) is 4.13. The monoisotopic (exact) mass is 253 g/mol. The Morgan fingerprint density at radius 3 is 2.56 bits per heavy atom. The van der Waals surface area contributed by atoms with Crippen LogP contribution in [0.3, 0.4) is 0 Å². The summed E-state index contributed by atoms with van der Waals surface area (Å²) in [4.78, 5) is 1.35. The van der Waals surface area contributed by atoms with E-state index in [1.807, 2.05) is 0 Å². The molecule has 3 aromatic rings. The predicted octanol–water partition coefficient (Wildman–Crippen LogP) is 4.57. The maximum Gasteiger partial charge on any atom is 0.0472 e. The van der Waals surface area contributed by atoms with Crippen LogP contribution in [0.25, 0.3) is 10.4 Å². The van der Waals surface area contributed by atoms with Gasteiger partial charge in [0, 0.05) is 28.9 Å². The van der Waals surface area contributed by atoms with Crippen LogP contribution in [0.5, 0.6) is 0 Å². The molecule has 0 saturated heterocycles. The van der Waals surface area contributed by atoms with Gasteiger partial charge in [0.05, 0.1) is 0 Å². The summed E-state index contributed by atoms with van der Waals surface area (Å²) >= 11 is 1.80. The first-order valence-corrected chi connectivity index (χ1v) is 6.96. The molecular formula is C16H15NS. The Kier molecular flexibility index (Phi) is 3.03. The molecule has 0 N–H and O–H groups in total. The van der Waals surface area contributed by atoms with E-state index in [4.69, 9.17) is 0 Å². The number of aromatic nitrogens is 1. The van der Waals surface area contributed by atoms with Crippen molar-refractivity contribution in [2.45, 2.75) is 13.5 Å². The van der Waals surface area contributed by atoms with Gasteiger partial charge in [-0.25, -0.2) is 0 Å². The van der Waals surface area contributed by atoms with E-state index >= 15 is 0 Å². The number of thiophene rings is 1. The lowest BCUT2D eigenvalue weighted by atomic mass is 10.2. The number of hydrogen-bond donors (Lipinski definition) is 0. The van der Waals surface area contributed by atoms with Gasteiger partial charge in [-0.15, -0.1) is 11.3 Å². The molecule has 18 heavy (non-hydrogen) atoms. The van der Waals surface area contributed by atoms with E-state index in [-0.39, 0.29) is 0 Å². The molecule has 90 valence electrons. The van der Waals surface area contributed by atoms with Gasteiger partial charge >= 0.3 is 0 Å². The van der Waals surface area contributed by atoms with Gasteiger partial charge in [-0.3, -0.25) is 0 Å². The normalized spacial score (nSPS) is 10.7. The van der Waals surface area contributed by atoms with E-state index in [9.17, 15) is 0 Å². The number of nitrogens with zero attached hydrogens (tertiary/aromatic N) is 1. The zero-order valence-electron chi connectivity index (χ0n) is 10.3. The Hall–Kier alpha value is -1.80. The van der Waals surface area contributed by atoms with Crippen LogP contribution in [-0.2, 0) is 6.54 Å². The molecule has 0 spiro atoms. The molecule has 0 bridgehead atoms. The van der Waals surface area contributed by atoms with Crippen molar-refractivity contribution in [2.24, 2.45) is 0 Å². The lowest BCUT2D eigenvalue weighted by Gasteiger charge is -2.07. The summed E-state index contributed by atoms with van der Waals surface area (Å²) in [6, 6.07) is 17.1. The van der Waals surface area contributed by atoms with Crippen LogP contribution in [0.1, 0.15) is 11.3 Å². The first-order chi connectivity index (χ1) is 8.84. The lowest BCUT2D eigenvalue weighted by molar-refractivity contribution is 0.777. The minimum atomic E-state index is 0.943. The van der Waals surface area contributed by atoms with Crippen LogP contribution in [0.15, 0.2) is 60.1 Å². The second-order valence-electron chi connectivity index (χ2n) is 4.41. The van der Waals surface area contributed by atoms with Gasteiger partial charge in [0.15, 0.2) is 0 Å². The number of benzene rings is 1. The Labute approximate surface area is 111 Å². The van der Waals surface area contributed by atoms with Gasteiger partial charge in [-0.1, -0.05) is 36.4 Å². The fourth-order valence-electron chi connectivity index (χ4n) is 2.20. The van der Waals surface area contributed by atoms with Crippen molar-refractivity contribution >= 4 is 11.3 Å². The van der Waals surface area contributed by atoms with Crippen LogP contribution in [0.2, 0.25) is 0 Å². The van der Waals surface area contributed by atoms with Crippen LogP contribution >= 0.6 is 11.3 Å². The van der Waals surface area contributed by atoms with Crippen molar-refractivity contribution in [1.82, 2.24) is 4.57 Å². The largest absolute Gasteiger partial charge is 0.347 e. The second-order valence-corrected chi connectivity index (χ2v) is 5.35. The molecule has 2 heteroatoms. The van der Waals surface area contributed by atoms with E-state index in [1.54, 1.807) is 11.3 Å². The fourth-order valence-corrected chi connectivity index (χ4v) is 3.00. The Morgan fingerprint density at radius 1 is 1.00 bits per heavy atom. The predicted molar refractivity (Wildman–Crippen MR) is 78.0 cm³/mol. The molecule has 0 aliphatic heterocycles. The molecule has 1 aromatic carbocycles. The molecule has 2 aromatic heterocycles. The third kappa shape index (κ3) is 2.12. The van der Waals surface area contributed by atoms with Gasteiger partial charge in [0.2, 0.25) is 0 Å². The highest BCUT2D eigenvalue weighted by Crippen LogP contribution is 2.28. The summed E-state index contributed by atoms with van der Waals surface area (Å²) in [5.41, 5.74) is 4.02. The van der Waals surface area contributed by atoms with Crippen LogP contribution in [0.4, 0.5) is 0 Å². The molecule has 0 fully saturated rings. The second kappa shape index (κ2) is 4.83. The minimum Gasteiger partial charge on any atom is -0.347 e. The smallest absolute Gasteiger partial charge is 0.0472 e. The van der Waals surface area contributed by atoms with Crippen molar-refractivity contribution in [3.8, 4) is 10.4 Å². The standard InChI is InChI=1S/C16H15NS/c1-13-15(16-8-5-11-18-16)9-10-17(13)12-14-6-3-2-4-7-14/h2-11H,12H2,1H3. The molecule has 0 radical (unpaired) electrons. The average molecular weight is 253 g/mol. The molecule has 1 nitrogen and oxygen atoms in total. The van der Waals surface area contributed by atoms with E-state index in [0.717, 1.165) is 6.54 Å². The summed E-state index contributed by atoms with van der Waals surface area (Å²) < 4.78 is 2.31. The third-order valence-electron chi connectivity index (χ3n) is 3.22. The van der Waals surface area contributed by atoms with Gasteiger partial charge in [0.25, 0.3) is 0 Å². The Bertz CT molecular complexity index is 620. The van der Waals surface area contributed by atoms with Crippen molar-refractivity contribution in [2.75, 3.05) is 0 Å². The van der Waals surface area contributed by atoms with Crippen molar-refractivity contribution in [3.63, 3.8) is 0 Å². The number of hydrogen-bond acceptors (Lipinski definition) is 1. The summed E-state index contributed by atoms with van der Waals surface area (Å²) in [5, 5.41) is 2.13. The molecular weight excluding hydrogens is 238 g/mol. The van der Waals surface area contributed by atoms with Crippen molar-refractivity contribution < 1.29 is 0 Å². The summed E-state index contributed by atoms with van der Waals surface area (Å²) in [7, 11) is 0. The topological polar surface area (TPSA) is 4.93 Å². The first-order valence-electron chi connectivity index (χ1n) is 6.08. The fraction of sp³-hybridized carbons (Fsp3) is 0.125.